The highest BCUT2D eigenvalue weighted by atomic mass is 32.1. The summed E-state index contributed by atoms with van der Waals surface area (Å²) in [7, 11) is 1.67. The number of amides is 1. The molecule has 6 nitrogen and oxygen atoms in total. The molecule has 3 aromatic rings. The van der Waals surface area contributed by atoms with Crippen molar-refractivity contribution in [3.63, 3.8) is 0 Å². The van der Waals surface area contributed by atoms with E-state index in [0.29, 0.717) is 11.5 Å². The van der Waals surface area contributed by atoms with Crippen molar-refractivity contribution in [2.45, 2.75) is 12.3 Å². The Morgan fingerprint density at radius 1 is 1.40 bits per heavy atom. The van der Waals surface area contributed by atoms with Gasteiger partial charge in [-0.3, -0.25) is 9.69 Å². The highest BCUT2D eigenvalue weighted by molar-refractivity contribution is 7.20. The third kappa shape index (κ3) is 3.44. The van der Waals surface area contributed by atoms with E-state index in [2.05, 4.69) is 16.0 Å². The van der Waals surface area contributed by atoms with E-state index in [-0.39, 0.29) is 11.8 Å². The Morgan fingerprint density at radius 3 is 3.13 bits per heavy atom. The average molecular weight is 422 g/mol. The van der Waals surface area contributed by atoms with E-state index in [1.54, 1.807) is 13.3 Å². The minimum absolute atomic E-state index is 0.280. The predicted molar refractivity (Wildman–Crippen MR) is 118 cm³/mol. The minimum atomic E-state index is -0.361. The fourth-order valence-corrected chi connectivity index (χ4v) is 5.54. The van der Waals surface area contributed by atoms with Crippen molar-refractivity contribution in [2.24, 2.45) is 5.73 Å². The van der Waals surface area contributed by atoms with Gasteiger partial charge in [-0.2, -0.15) is 0 Å². The maximum atomic E-state index is 12.1. The van der Waals surface area contributed by atoms with Crippen LogP contribution in [0.1, 0.15) is 33.1 Å². The molecule has 1 amide bonds. The zero-order chi connectivity index (χ0) is 20.7. The molecule has 0 radical (unpaired) electrons. The molecule has 5 rings (SSSR count). The fraction of sp³-hybridized carbons (Fsp3) is 0.304. The van der Waals surface area contributed by atoms with Crippen molar-refractivity contribution in [1.29, 1.82) is 0 Å². The van der Waals surface area contributed by atoms with Crippen molar-refractivity contribution in [3.8, 4) is 11.5 Å². The predicted octanol–water partition coefficient (Wildman–Crippen LogP) is 3.67. The first-order valence-electron chi connectivity index (χ1n) is 10.0. The quantitative estimate of drug-likeness (QED) is 0.680. The molecule has 2 N–H and O–H groups in total. The zero-order valence-corrected chi connectivity index (χ0v) is 17.6. The molecule has 2 aliphatic rings. The van der Waals surface area contributed by atoms with Gasteiger partial charge in [-0.15, -0.1) is 11.3 Å². The average Bonchev–Trinajstić information content (AvgIpc) is 3.37. The van der Waals surface area contributed by atoms with Gasteiger partial charge in [0.1, 0.15) is 22.9 Å². The van der Waals surface area contributed by atoms with Crippen molar-refractivity contribution in [3.05, 3.63) is 58.1 Å². The molecule has 0 saturated carbocycles. The van der Waals surface area contributed by atoms with Gasteiger partial charge in [0.25, 0.3) is 5.91 Å². The number of likely N-dealkylation sites (tertiary alicyclic amines) is 1. The number of thiophene rings is 1. The number of nitrogens with two attached hydrogens (primary N) is 1. The molecule has 0 bridgehead atoms. The van der Waals surface area contributed by atoms with Crippen molar-refractivity contribution in [1.82, 2.24) is 9.88 Å². The van der Waals surface area contributed by atoms with Crippen LogP contribution in [0, 0.1) is 0 Å². The van der Waals surface area contributed by atoms with Gasteiger partial charge in [-0.1, -0.05) is 6.07 Å². The first kappa shape index (κ1) is 19.1. The molecular weight excluding hydrogens is 398 g/mol. The second kappa shape index (κ2) is 7.74. The minimum Gasteiger partial charge on any atom is -0.497 e. The third-order valence-corrected chi connectivity index (χ3v) is 6.97. The van der Waals surface area contributed by atoms with E-state index in [9.17, 15) is 4.79 Å². The lowest BCUT2D eigenvalue weighted by molar-refractivity contribution is 0.100. The van der Waals surface area contributed by atoms with E-state index in [1.165, 1.54) is 16.9 Å². The van der Waals surface area contributed by atoms with E-state index < -0.39 is 0 Å². The number of carbonyl (C=O) groups is 1. The maximum Gasteiger partial charge on any atom is 0.259 e. The fourth-order valence-electron chi connectivity index (χ4n) is 4.46. The molecule has 7 heteroatoms. The molecule has 0 unspecified atom stereocenters. The number of hydrogen-bond donors (Lipinski definition) is 1. The molecule has 1 saturated heterocycles. The summed E-state index contributed by atoms with van der Waals surface area (Å²) in [5, 5.41) is 1.06. The van der Waals surface area contributed by atoms with E-state index >= 15 is 0 Å². The standard InChI is InChI=1S/C23H23N3O3S/c1-28-17-4-5-19-16(10-17)9-14(13-29-19)11-26-8-6-15(12-26)20-18-3-2-7-25-23(18)30-21(20)22(24)27/h2-5,7,9-10,15H,6,8,11-13H2,1H3,(H2,24,27)/t15-/m1/s1. The second-order valence-electron chi connectivity index (χ2n) is 7.78. The second-order valence-corrected chi connectivity index (χ2v) is 8.78. The Labute approximate surface area is 178 Å². The van der Waals surface area contributed by atoms with Crippen LogP contribution in [0.25, 0.3) is 16.3 Å². The lowest BCUT2D eigenvalue weighted by Gasteiger charge is -2.23. The Kier molecular flexibility index (Phi) is 4.92. The monoisotopic (exact) mass is 421 g/mol. The Hall–Kier alpha value is -2.90. The molecule has 1 atom stereocenters. The van der Waals surface area contributed by atoms with Gasteiger partial charge < -0.3 is 15.2 Å². The van der Waals surface area contributed by atoms with Crippen LogP contribution in [-0.2, 0) is 0 Å². The lowest BCUT2D eigenvalue weighted by Crippen LogP contribution is -2.26. The summed E-state index contributed by atoms with van der Waals surface area (Å²) in [6, 6.07) is 9.84. The number of ether oxygens (including phenoxy) is 2. The van der Waals surface area contributed by atoms with E-state index in [0.717, 1.165) is 58.9 Å². The Bertz CT molecular complexity index is 1150. The van der Waals surface area contributed by atoms with Crippen LogP contribution in [0.4, 0.5) is 0 Å². The highest BCUT2D eigenvalue weighted by Gasteiger charge is 2.31. The number of hydrogen-bond acceptors (Lipinski definition) is 6. The number of aromatic nitrogens is 1. The summed E-state index contributed by atoms with van der Waals surface area (Å²) in [5.74, 6) is 1.64. The molecule has 0 spiro atoms. The molecule has 1 aromatic carbocycles. The van der Waals surface area contributed by atoms with Crippen molar-refractivity contribution < 1.29 is 14.3 Å². The van der Waals surface area contributed by atoms with Gasteiger partial charge in [0, 0.05) is 36.2 Å². The number of pyridine rings is 1. The largest absolute Gasteiger partial charge is 0.497 e. The van der Waals surface area contributed by atoms with Crippen LogP contribution in [0.5, 0.6) is 11.5 Å². The van der Waals surface area contributed by atoms with Gasteiger partial charge in [0.05, 0.1) is 12.0 Å². The number of benzene rings is 1. The number of methoxy groups -OCH3 is 1. The van der Waals surface area contributed by atoms with Crippen LogP contribution in [0.3, 0.4) is 0 Å². The zero-order valence-electron chi connectivity index (χ0n) is 16.8. The van der Waals surface area contributed by atoms with Crippen LogP contribution < -0.4 is 15.2 Å². The van der Waals surface area contributed by atoms with Crippen molar-refractivity contribution >= 4 is 33.5 Å². The SMILES string of the molecule is COc1ccc2c(c1)C=C(CN1CC[C@@H](c3c(C(N)=O)sc4ncccc34)C1)CO2. The van der Waals surface area contributed by atoms with Crippen LogP contribution in [0.15, 0.2) is 42.1 Å². The summed E-state index contributed by atoms with van der Waals surface area (Å²) in [6.45, 7) is 3.31. The summed E-state index contributed by atoms with van der Waals surface area (Å²) in [6.07, 6.45) is 4.96. The topological polar surface area (TPSA) is 77.7 Å². The Balaban J connectivity index is 1.36. The molecule has 30 heavy (non-hydrogen) atoms. The number of nitrogens with zero attached hydrogens (tertiary/aromatic N) is 2. The summed E-state index contributed by atoms with van der Waals surface area (Å²) in [4.78, 5) is 20.5. The highest BCUT2D eigenvalue weighted by Crippen LogP contribution is 2.39. The molecule has 2 aromatic heterocycles. The molecule has 154 valence electrons. The smallest absolute Gasteiger partial charge is 0.259 e. The first-order valence-corrected chi connectivity index (χ1v) is 10.8. The van der Waals surface area contributed by atoms with Gasteiger partial charge in [-0.05, 0) is 54.4 Å². The number of rotatable bonds is 5. The lowest BCUT2D eigenvalue weighted by atomic mass is 9.95. The van der Waals surface area contributed by atoms with Crippen LogP contribution in [-0.4, -0.2) is 49.1 Å². The van der Waals surface area contributed by atoms with E-state index in [1.807, 2.05) is 30.3 Å². The normalized spacial score (nSPS) is 18.7. The first-order chi connectivity index (χ1) is 14.6. The number of fused-ring (bicyclic) bond motifs is 2. The van der Waals surface area contributed by atoms with Crippen molar-refractivity contribution in [2.75, 3.05) is 33.4 Å². The van der Waals surface area contributed by atoms with Gasteiger partial charge >= 0.3 is 0 Å². The Morgan fingerprint density at radius 2 is 2.30 bits per heavy atom. The molecule has 0 aliphatic carbocycles. The molecule has 1 fully saturated rings. The van der Waals surface area contributed by atoms with Gasteiger partial charge in [-0.25, -0.2) is 4.98 Å². The molecule has 4 heterocycles. The van der Waals surface area contributed by atoms with Crippen LogP contribution in [0.2, 0.25) is 0 Å². The maximum absolute atomic E-state index is 12.1. The number of primary amides is 1. The molecular formula is C23H23N3O3S. The molecule has 2 aliphatic heterocycles. The summed E-state index contributed by atoms with van der Waals surface area (Å²) in [5.41, 5.74) is 9.06. The third-order valence-electron chi connectivity index (χ3n) is 5.83. The van der Waals surface area contributed by atoms with Gasteiger partial charge in [0.15, 0.2) is 0 Å². The number of carbonyl (C=O) groups excluding carboxylic acids is 1. The summed E-state index contributed by atoms with van der Waals surface area (Å²) < 4.78 is 11.3. The summed E-state index contributed by atoms with van der Waals surface area (Å²) >= 11 is 1.40. The van der Waals surface area contributed by atoms with E-state index in [4.69, 9.17) is 15.2 Å². The van der Waals surface area contributed by atoms with Crippen LogP contribution >= 0.6 is 11.3 Å². The van der Waals surface area contributed by atoms with Gasteiger partial charge in [0.2, 0.25) is 0 Å².